The molecule has 23 heavy (non-hydrogen) atoms. The molecule has 0 spiro atoms. The quantitative estimate of drug-likeness (QED) is 0.853. The summed E-state index contributed by atoms with van der Waals surface area (Å²) in [6.45, 7) is 2.77. The van der Waals surface area contributed by atoms with Crippen molar-refractivity contribution in [1.29, 1.82) is 0 Å². The molecule has 7 heteroatoms. The molecule has 5 nitrogen and oxygen atoms in total. The molecular formula is C16H16Cl2N4O. The van der Waals surface area contributed by atoms with Gasteiger partial charge in [0.25, 0.3) is 0 Å². The molecule has 1 saturated heterocycles. The Hall–Kier alpha value is -1.85. The van der Waals surface area contributed by atoms with Crippen molar-refractivity contribution in [2.75, 3.05) is 31.1 Å². The molecule has 2 aromatic rings. The third-order valence-corrected chi connectivity index (χ3v) is 4.60. The number of benzene rings is 1. The summed E-state index contributed by atoms with van der Waals surface area (Å²) in [5.41, 5.74) is 0.692. The number of hydrogen-bond acceptors (Lipinski definition) is 4. The molecule has 1 aliphatic heterocycles. The molecule has 0 atom stereocenters. The summed E-state index contributed by atoms with van der Waals surface area (Å²) in [6, 6.07) is 5.28. The Labute approximate surface area is 144 Å². The summed E-state index contributed by atoms with van der Waals surface area (Å²) in [4.78, 5) is 24.8. The number of hydrogen-bond donors (Lipinski definition) is 0. The SMILES string of the molecule is O=C(Cc1c(Cl)cccc1Cl)N1CCN(c2cnccn2)CC1. The maximum atomic E-state index is 12.5. The number of carbonyl (C=O) groups is 1. The molecule has 0 bridgehead atoms. The van der Waals surface area contributed by atoms with E-state index in [9.17, 15) is 4.79 Å². The van der Waals surface area contributed by atoms with E-state index in [0.29, 0.717) is 28.7 Å². The second-order valence-electron chi connectivity index (χ2n) is 5.31. The molecule has 3 rings (SSSR count). The first-order chi connectivity index (χ1) is 11.1. The summed E-state index contributed by atoms with van der Waals surface area (Å²) >= 11 is 12.3. The van der Waals surface area contributed by atoms with Crippen LogP contribution in [0.2, 0.25) is 10.0 Å². The molecule has 0 radical (unpaired) electrons. The van der Waals surface area contributed by atoms with Crippen molar-refractivity contribution in [3.8, 4) is 0 Å². The first kappa shape index (κ1) is 16.0. The van der Waals surface area contributed by atoms with Gasteiger partial charge in [0.1, 0.15) is 5.82 Å². The van der Waals surface area contributed by atoms with Gasteiger partial charge in [-0.15, -0.1) is 0 Å². The van der Waals surface area contributed by atoms with Crippen molar-refractivity contribution < 1.29 is 4.79 Å². The average molecular weight is 351 g/mol. The zero-order valence-electron chi connectivity index (χ0n) is 12.5. The van der Waals surface area contributed by atoms with Crippen LogP contribution in [0.3, 0.4) is 0 Å². The molecule has 2 heterocycles. The van der Waals surface area contributed by atoms with Crippen molar-refractivity contribution in [3.63, 3.8) is 0 Å². The largest absolute Gasteiger partial charge is 0.352 e. The summed E-state index contributed by atoms with van der Waals surface area (Å²) in [5, 5.41) is 1.06. The van der Waals surface area contributed by atoms with Crippen LogP contribution in [0, 0.1) is 0 Å². The Bertz CT molecular complexity index is 667. The minimum atomic E-state index is 0.0406. The highest BCUT2D eigenvalue weighted by atomic mass is 35.5. The van der Waals surface area contributed by atoms with Crippen molar-refractivity contribution in [2.45, 2.75) is 6.42 Å². The maximum Gasteiger partial charge on any atom is 0.227 e. The Morgan fingerprint density at radius 3 is 2.39 bits per heavy atom. The van der Waals surface area contributed by atoms with Gasteiger partial charge in [-0.2, -0.15) is 0 Å². The van der Waals surface area contributed by atoms with E-state index in [1.54, 1.807) is 36.8 Å². The molecule has 1 aromatic heterocycles. The minimum Gasteiger partial charge on any atom is -0.352 e. The normalized spacial score (nSPS) is 14.9. The van der Waals surface area contributed by atoms with Crippen LogP contribution in [0.25, 0.3) is 0 Å². The second kappa shape index (κ2) is 7.15. The Kier molecular flexibility index (Phi) is 4.98. The number of piperazine rings is 1. The fraction of sp³-hybridized carbons (Fsp3) is 0.312. The monoisotopic (exact) mass is 350 g/mol. The van der Waals surface area contributed by atoms with Gasteiger partial charge in [-0.1, -0.05) is 29.3 Å². The van der Waals surface area contributed by atoms with Crippen LogP contribution in [0.1, 0.15) is 5.56 Å². The topological polar surface area (TPSA) is 49.3 Å². The molecule has 120 valence electrons. The fourth-order valence-corrected chi connectivity index (χ4v) is 3.13. The standard InChI is InChI=1S/C16H16Cl2N4O/c17-13-2-1-3-14(18)12(13)10-16(23)22-8-6-21(7-9-22)15-11-19-4-5-20-15/h1-5,11H,6-10H2. The average Bonchev–Trinajstić information content (AvgIpc) is 2.59. The maximum absolute atomic E-state index is 12.5. The van der Waals surface area contributed by atoms with Crippen LogP contribution in [0.15, 0.2) is 36.8 Å². The van der Waals surface area contributed by atoms with E-state index < -0.39 is 0 Å². The minimum absolute atomic E-state index is 0.0406. The number of anilines is 1. The smallest absolute Gasteiger partial charge is 0.227 e. The van der Waals surface area contributed by atoms with Crippen LogP contribution in [-0.2, 0) is 11.2 Å². The predicted molar refractivity (Wildman–Crippen MR) is 91.0 cm³/mol. The van der Waals surface area contributed by atoms with Gasteiger partial charge in [0, 0.05) is 48.6 Å². The first-order valence-electron chi connectivity index (χ1n) is 7.37. The van der Waals surface area contributed by atoms with Gasteiger partial charge < -0.3 is 9.80 Å². The van der Waals surface area contributed by atoms with Crippen LogP contribution < -0.4 is 4.90 Å². The van der Waals surface area contributed by atoms with Gasteiger partial charge in [-0.05, 0) is 17.7 Å². The van der Waals surface area contributed by atoms with Crippen LogP contribution >= 0.6 is 23.2 Å². The van der Waals surface area contributed by atoms with Crippen molar-refractivity contribution >= 4 is 34.9 Å². The van der Waals surface area contributed by atoms with Crippen LogP contribution in [0.5, 0.6) is 0 Å². The first-order valence-corrected chi connectivity index (χ1v) is 8.12. The lowest BCUT2D eigenvalue weighted by molar-refractivity contribution is -0.130. The zero-order valence-corrected chi connectivity index (χ0v) is 14.0. The fourth-order valence-electron chi connectivity index (χ4n) is 2.60. The molecular weight excluding hydrogens is 335 g/mol. The predicted octanol–water partition coefficient (Wildman–Crippen LogP) is 2.67. The zero-order chi connectivity index (χ0) is 16.2. The van der Waals surface area contributed by atoms with Gasteiger partial charge in [0.2, 0.25) is 5.91 Å². The van der Waals surface area contributed by atoms with E-state index >= 15 is 0 Å². The Morgan fingerprint density at radius 2 is 1.78 bits per heavy atom. The second-order valence-corrected chi connectivity index (χ2v) is 6.12. The highest BCUT2D eigenvalue weighted by Crippen LogP contribution is 2.25. The molecule has 0 unspecified atom stereocenters. The van der Waals surface area contributed by atoms with E-state index in [2.05, 4.69) is 14.9 Å². The Balaban J connectivity index is 1.60. The summed E-state index contributed by atoms with van der Waals surface area (Å²) in [5.74, 6) is 0.882. The summed E-state index contributed by atoms with van der Waals surface area (Å²) in [6.07, 6.45) is 5.29. The van der Waals surface area contributed by atoms with E-state index in [4.69, 9.17) is 23.2 Å². The van der Waals surface area contributed by atoms with Gasteiger partial charge in [-0.25, -0.2) is 4.98 Å². The van der Waals surface area contributed by atoms with Crippen LogP contribution in [0.4, 0.5) is 5.82 Å². The van der Waals surface area contributed by atoms with Crippen LogP contribution in [-0.4, -0.2) is 47.0 Å². The summed E-state index contributed by atoms with van der Waals surface area (Å²) < 4.78 is 0. The van der Waals surface area contributed by atoms with E-state index in [1.807, 2.05) is 4.90 Å². The molecule has 0 saturated carbocycles. The van der Waals surface area contributed by atoms with Crippen molar-refractivity contribution in [2.24, 2.45) is 0 Å². The van der Waals surface area contributed by atoms with Gasteiger partial charge in [0.15, 0.2) is 0 Å². The summed E-state index contributed by atoms with van der Waals surface area (Å²) in [7, 11) is 0. The van der Waals surface area contributed by atoms with E-state index in [0.717, 1.165) is 18.9 Å². The molecule has 1 aromatic carbocycles. The van der Waals surface area contributed by atoms with Crippen molar-refractivity contribution in [1.82, 2.24) is 14.9 Å². The van der Waals surface area contributed by atoms with Gasteiger partial charge >= 0.3 is 0 Å². The third kappa shape index (κ3) is 3.74. The van der Waals surface area contributed by atoms with E-state index in [-0.39, 0.29) is 12.3 Å². The lowest BCUT2D eigenvalue weighted by atomic mass is 10.1. The third-order valence-electron chi connectivity index (χ3n) is 3.90. The molecule has 1 amide bonds. The highest BCUT2D eigenvalue weighted by Gasteiger charge is 2.23. The lowest BCUT2D eigenvalue weighted by Crippen LogP contribution is -2.49. The highest BCUT2D eigenvalue weighted by molar-refractivity contribution is 6.36. The molecule has 1 aliphatic rings. The number of halogens is 2. The number of nitrogens with zero attached hydrogens (tertiary/aromatic N) is 4. The number of amides is 1. The molecule has 0 N–H and O–H groups in total. The number of carbonyl (C=O) groups excluding carboxylic acids is 1. The molecule has 1 fully saturated rings. The van der Waals surface area contributed by atoms with Gasteiger partial charge in [-0.3, -0.25) is 9.78 Å². The Morgan fingerprint density at radius 1 is 1.09 bits per heavy atom. The number of rotatable bonds is 3. The van der Waals surface area contributed by atoms with Gasteiger partial charge in [0.05, 0.1) is 12.6 Å². The van der Waals surface area contributed by atoms with E-state index in [1.165, 1.54) is 0 Å². The lowest BCUT2D eigenvalue weighted by Gasteiger charge is -2.35. The number of aromatic nitrogens is 2. The molecule has 0 aliphatic carbocycles. The van der Waals surface area contributed by atoms with Crippen molar-refractivity contribution in [3.05, 3.63) is 52.4 Å².